The van der Waals surface area contributed by atoms with Gasteiger partial charge in [0.05, 0.1) is 0 Å². The molecule has 0 amide bonds. The van der Waals surface area contributed by atoms with Crippen molar-refractivity contribution in [3.8, 4) is 0 Å². The molecule has 2 aliphatic carbocycles. The topological polar surface area (TPSA) is 0 Å². The van der Waals surface area contributed by atoms with Gasteiger partial charge in [-0.15, -0.1) is 0 Å². The number of allylic oxidation sites excluding steroid dienone is 4. The fourth-order valence-corrected chi connectivity index (χ4v) is 3.16. The molecule has 2 rings (SSSR count). The molecule has 2 heteroatoms. The number of halogens is 2. The smallest absolute Gasteiger partial charge is 0.00925 e. The van der Waals surface area contributed by atoms with Crippen molar-refractivity contribution in [1.29, 1.82) is 0 Å². The van der Waals surface area contributed by atoms with E-state index >= 15 is 0 Å². The maximum Gasteiger partial charge on any atom is 0.00925 e. The van der Waals surface area contributed by atoms with E-state index in [1.54, 1.807) is 7.16 Å². The fourth-order valence-electron chi connectivity index (χ4n) is 1.43. The highest BCUT2D eigenvalue weighted by molar-refractivity contribution is 14.1. The molecule has 0 N–H and O–H groups in total. The number of hydrogen-bond acceptors (Lipinski definition) is 0. The summed E-state index contributed by atoms with van der Waals surface area (Å²) in [5, 5.41) is 0. The minimum absolute atomic E-state index is 0.794. The molecule has 0 aromatic rings. The predicted molar refractivity (Wildman–Crippen MR) is 55.8 cm³/mol. The second kappa shape index (κ2) is 2.22. The Morgan fingerprint density at radius 2 is 1.56 bits per heavy atom. The molecular formula is C7H6I2. The lowest BCUT2D eigenvalue weighted by Gasteiger charge is -2.01. The van der Waals surface area contributed by atoms with Gasteiger partial charge >= 0.3 is 0 Å². The third kappa shape index (κ3) is 0.982. The van der Waals surface area contributed by atoms with Crippen molar-refractivity contribution in [2.24, 2.45) is 11.8 Å². The van der Waals surface area contributed by atoms with Crippen LogP contribution in [0.2, 0.25) is 0 Å². The van der Waals surface area contributed by atoms with Gasteiger partial charge in [0.2, 0.25) is 0 Å². The first kappa shape index (κ1) is 6.64. The Hall–Kier alpha value is 0.940. The molecule has 0 nitrogen and oxygen atoms in total. The summed E-state index contributed by atoms with van der Waals surface area (Å²) in [6.45, 7) is 0. The van der Waals surface area contributed by atoms with E-state index in [2.05, 4.69) is 57.3 Å². The Bertz CT molecular complexity index is 181. The molecule has 0 radical (unpaired) electrons. The minimum atomic E-state index is 0.794. The van der Waals surface area contributed by atoms with Crippen LogP contribution in [0.3, 0.4) is 0 Å². The van der Waals surface area contributed by atoms with E-state index in [-0.39, 0.29) is 0 Å². The largest absolute Gasteiger partial charge is 0.0666 e. The van der Waals surface area contributed by atoms with Crippen LogP contribution in [0.15, 0.2) is 19.3 Å². The summed E-state index contributed by atoms with van der Waals surface area (Å²) in [4.78, 5) is 0. The molecule has 0 aliphatic heterocycles. The molecule has 0 fully saturated rings. The van der Waals surface area contributed by atoms with Gasteiger partial charge in [0.25, 0.3) is 0 Å². The lowest BCUT2D eigenvalue weighted by atomic mass is 10.2. The highest BCUT2D eigenvalue weighted by Crippen LogP contribution is 2.47. The first-order chi connectivity index (χ1) is 4.27. The van der Waals surface area contributed by atoms with E-state index in [1.165, 1.54) is 6.42 Å². The Morgan fingerprint density at radius 3 is 1.78 bits per heavy atom. The van der Waals surface area contributed by atoms with Gasteiger partial charge in [0, 0.05) is 11.8 Å². The molecule has 0 aromatic heterocycles. The van der Waals surface area contributed by atoms with Gasteiger partial charge in [0.15, 0.2) is 0 Å². The van der Waals surface area contributed by atoms with Crippen LogP contribution in [0.5, 0.6) is 0 Å². The van der Waals surface area contributed by atoms with E-state index in [1.807, 2.05) is 0 Å². The number of rotatable bonds is 0. The van der Waals surface area contributed by atoms with Crippen LogP contribution >= 0.6 is 45.2 Å². The molecule has 2 bridgehead atoms. The molecule has 9 heavy (non-hydrogen) atoms. The Balaban J connectivity index is 2.34. The lowest BCUT2D eigenvalue weighted by Crippen LogP contribution is -1.84. The zero-order valence-electron chi connectivity index (χ0n) is 4.77. The standard InChI is InChI=1S/C7H6I2/c8-6-2-4-1-5(6)3-7(4)9/h2-5H,1H2/t4-,5-/m1/s1. The van der Waals surface area contributed by atoms with E-state index in [9.17, 15) is 0 Å². The summed E-state index contributed by atoms with van der Waals surface area (Å²) < 4.78 is 3.11. The highest BCUT2D eigenvalue weighted by atomic mass is 127. The molecule has 0 saturated carbocycles. The van der Waals surface area contributed by atoms with Crippen LogP contribution in [-0.2, 0) is 0 Å². The van der Waals surface area contributed by atoms with Crippen molar-refractivity contribution in [2.45, 2.75) is 6.42 Å². The molecule has 0 heterocycles. The van der Waals surface area contributed by atoms with Crippen molar-refractivity contribution >= 4 is 45.2 Å². The Kier molecular flexibility index (Phi) is 1.64. The molecule has 0 saturated heterocycles. The second-order valence-corrected chi connectivity index (χ2v) is 5.04. The minimum Gasteiger partial charge on any atom is -0.0666 e. The van der Waals surface area contributed by atoms with Gasteiger partial charge in [-0.25, -0.2) is 0 Å². The molecule has 2 atom stereocenters. The molecule has 0 aromatic carbocycles. The average Bonchev–Trinajstić information content (AvgIpc) is 2.24. The number of hydrogen-bond donors (Lipinski definition) is 0. The molecular weight excluding hydrogens is 338 g/mol. The van der Waals surface area contributed by atoms with E-state index in [4.69, 9.17) is 0 Å². The Labute approximate surface area is 82.1 Å². The fraction of sp³-hybridized carbons (Fsp3) is 0.429. The van der Waals surface area contributed by atoms with Gasteiger partial charge in [-0.2, -0.15) is 0 Å². The average molecular weight is 344 g/mol. The Morgan fingerprint density at radius 1 is 1.11 bits per heavy atom. The van der Waals surface area contributed by atoms with Crippen LogP contribution in [0.25, 0.3) is 0 Å². The van der Waals surface area contributed by atoms with E-state index < -0.39 is 0 Å². The summed E-state index contributed by atoms with van der Waals surface area (Å²) in [5.74, 6) is 1.59. The van der Waals surface area contributed by atoms with Crippen molar-refractivity contribution in [2.75, 3.05) is 0 Å². The molecule has 0 spiro atoms. The highest BCUT2D eigenvalue weighted by Gasteiger charge is 2.30. The monoisotopic (exact) mass is 344 g/mol. The van der Waals surface area contributed by atoms with E-state index in [0.29, 0.717) is 0 Å². The van der Waals surface area contributed by atoms with Gasteiger partial charge < -0.3 is 0 Å². The molecule has 48 valence electrons. The summed E-state index contributed by atoms with van der Waals surface area (Å²) in [5.41, 5.74) is 0. The second-order valence-electron chi connectivity index (χ2n) is 2.55. The third-order valence-corrected chi connectivity index (χ3v) is 4.26. The van der Waals surface area contributed by atoms with Crippen molar-refractivity contribution < 1.29 is 0 Å². The SMILES string of the molecule is IC1=C[C@H]2C[C@@H]1C=C2I. The van der Waals surface area contributed by atoms with Gasteiger partial charge in [0.1, 0.15) is 0 Å². The van der Waals surface area contributed by atoms with Crippen LogP contribution in [0.4, 0.5) is 0 Å². The molecule has 0 unspecified atom stereocenters. The molecule has 2 aliphatic rings. The first-order valence-electron chi connectivity index (χ1n) is 3.02. The summed E-state index contributed by atoms with van der Waals surface area (Å²) in [6, 6.07) is 0. The maximum atomic E-state index is 2.45. The first-order valence-corrected chi connectivity index (χ1v) is 5.17. The van der Waals surface area contributed by atoms with Crippen molar-refractivity contribution in [3.63, 3.8) is 0 Å². The summed E-state index contributed by atoms with van der Waals surface area (Å²) in [6.07, 6.45) is 6.15. The quantitative estimate of drug-likeness (QED) is 0.592. The zero-order valence-corrected chi connectivity index (χ0v) is 9.09. The number of fused-ring (bicyclic) bond motifs is 2. The summed E-state index contributed by atoms with van der Waals surface area (Å²) in [7, 11) is 0. The van der Waals surface area contributed by atoms with Crippen LogP contribution in [0.1, 0.15) is 6.42 Å². The van der Waals surface area contributed by atoms with Crippen LogP contribution < -0.4 is 0 Å². The zero-order chi connectivity index (χ0) is 6.43. The summed E-state index contributed by atoms with van der Waals surface area (Å²) >= 11 is 4.90. The predicted octanol–water partition coefficient (Wildman–Crippen LogP) is 3.27. The van der Waals surface area contributed by atoms with Gasteiger partial charge in [-0.3, -0.25) is 0 Å². The lowest BCUT2D eigenvalue weighted by molar-refractivity contribution is 0.728. The van der Waals surface area contributed by atoms with Crippen LogP contribution in [0, 0.1) is 11.8 Å². The van der Waals surface area contributed by atoms with Crippen molar-refractivity contribution in [3.05, 3.63) is 19.3 Å². The van der Waals surface area contributed by atoms with Gasteiger partial charge in [-0.1, -0.05) is 12.2 Å². The van der Waals surface area contributed by atoms with Gasteiger partial charge in [-0.05, 0) is 58.8 Å². The van der Waals surface area contributed by atoms with Crippen LogP contribution in [-0.4, -0.2) is 0 Å². The third-order valence-electron chi connectivity index (χ3n) is 1.94. The van der Waals surface area contributed by atoms with Crippen molar-refractivity contribution in [1.82, 2.24) is 0 Å². The van der Waals surface area contributed by atoms with E-state index in [0.717, 1.165) is 11.8 Å². The normalized spacial score (nSPS) is 38.9. The maximum absolute atomic E-state index is 2.45.